The lowest BCUT2D eigenvalue weighted by Gasteiger charge is -2.07. The lowest BCUT2D eigenvalue weighted by atomic mass is 10.2. The second-order valence-corrected chi connectivity index (χ2v) is 5.11. The van der Waals surface area contributed by atoms with Crippen molar-refractivity contribution in [2.75, 3.05) is 7.11 Å². The summed E-state index contributed by atoms with van der Waals surface area (Å²) in [5.41, 5.74) is 3.16. The first-order valence-corrected chi connectivity index (χ1v) is 6.64. The molecule has 2 aromatic heterocycles. The van der Waals surface area contributed by atoms with Gasteiger partial charge in [-0.2, -0.15) is 0 Å². The Bertz CT molecular complexity index is 673. The molecule has 2 heterocycles. The average Bonchev–Trinajstić information content (AvgIpc) is 2.81. The standard InChI is InChI=1S/C14H11IN2O/c1-18-14-13(10(15)6-7-16-14)12-8-9-4-2-3-5-11(9)17-12/h2-8,17H,1H3. The highest BCUT2D eigenvalue weighted by Gasteiger charge is 2.13. The van der Waals surface area contributed by atoms with Crippen LogP contribution < -0.4 is 4.74 Å². The van der Waals surface area contributed by atoms with Crippen LogP contribution >= 0.6 is 22.6 Å². The van der Waals surface area contributed by atoms with Crippen LogP contribution in [0.1, 0.15) is 0 Å². The van der Waals surface area contributed by atoms with Crippen LogP contribution in [0.25, 0.3) is 22.2 Å². The maximum atomic E-state index is 5.34. The van der Waals surface area contributed by atoms with Crippen LogP contribution in [-0.2, 0) is 0 Å². The summed E-state index contributed by atoms with van der Waals surface area (Å²) in [6, 6.07) is 12.3. The number of benzene rings is 1. The van der Waals surface area contributed by atoms with Gasteiger partial charge in [-0.1, -0.05) is 18.2 Å². The van der Waals surface area contributed by atoms with E-state index in [-0.39, 0.29) is 0 Å². The number of fused-ring (bicyclic) bond motifs is 1. The summed E-state index contributed by atoms with van der Waals surface area (Å²) < 4.78 is 6.46. The summed E-state index contributed by atoms with van der Waals surface area (Å²) in [7, 11) is 1.64. The average molecular weight is 350 g/mol. The van der Waals surface area contributed by atoms with E-state index in [1.54, 1.807) is 13.3 Å². The molecule has 0 fully saturated rings. The molecule has 3 rings (SSSR count). The zero-order valence-electron chi connectivity index (χ0n) is 9.77. The van der Waals surface area contributed by atoms with Crippen LogP contribution in [-0.4, -0.2) is 17.1 Å². The minimum atomic E-state index is 0.647. The lowest BCUT2D eigenvalue weighted by molar-refractivity contribution is 0.399. The number of ether oxygens (including phenoxy) is 1. The summed E-state index contributed by atoms with van der Waals surface area (Å²) >= 11 is 2.30. The molecule has 3 nitrogen and oxygen atoms in total. The van der Waals surface area contributed by atoms with Crippen LogP contribution in [0.15, 0.2) is 42.6 Å². The summed E-state index contributed by atoms with van der Waals surface area (Å²) in [4.78, 5) is 7.66. The van der Waals surface area contributed by atoms with Crippen molar-refractivity contribution in [3.8, 4) is 17.1 Å². The van der Waals surface area contributed by atoms with E-state index in [0.29, 0.717) is 5.88 Å². The number of nitrogens with one attached hydrogen (secondary N) is 1. The molecule has 0 aliphatic carbocycles. The third kappa shape index (κ3) is 1.86. The zero-order chi connectivity index (χ0) is 12.5. The molecule has 0 atom stereocenters. The number of hydrogen-bond donors (Lipinski definition) is 1. The van der Waals surface area contributed by atoms with Crippen LogP contribution in [0, 0.1) is 3.57 Å². The monoisotopic (exact) mass is 350 g/mol. The first-order chi connectivity index (χ1) is 8.79. The first-order valence-electron chi connectivity index (χ1n) is 5.56. The summed E-state index contributed by atoms with van der Waals surface area (Å²) in [6.07, 6.45) is 1.76. The van der Waals surface area contributed by atoms with Crippen molar-refractivity contribution in [3.63, 3.8) is 0 Å². The minimum absolute atomic E-state index is 0.647. The Kier molecular flexibility index (Phi) is 2.95. The maximum Gasteiger partial charge on any atom is 0.223 e. The highest BCUT2D eigenvalue weighted by Crippen LogP contribution is 2.33. The van der Waals surface area contributed by atoms with E-state index in [2.05, 4.69) is 50.8 Å². The number of aromatic nitrogens is 2. The van der Waals surface area contributed by atoms with Crippen molar-refractivity contribution in [2.45, 2.75) is 0 Å². The smallest absolute Gasteiger partial charge is 0.223 e. The Morgan fingerprint density at radius 1 is 1.22 bits per heavy atom. The van der Waals surface area contributed by atoms with Gasteiger partial charge in [0.05, 0.1) is 18.4 Å². The third-order valence-corrected chi connectivity index (χ3v) is 3.76. The second kappa shape index (κ2) is 4.61. The summed E-state index contributed by atoms with van der Waals surface area (Å²) in [6.45, 7) is 0. The predicted molar refractivity (Wildman–Crippen MR) is 80.8 cm³/mol. The van der Waals surface area contributed by atoms with Gasteiger partial charge in [0.15, 0.2) is 0 Å². The number of halogens is 1. The number of hydrogen-bond acceptors (Lipinski definition) is 2. The molecule has 0 aliphatic heterocycles. The van der Waals surface area contributed by atoms with Crippen LogP contribution in [0.2, 0.25) is 0 Å². The quantitative estimate of drug-likeness (QED) is 0.713. The Balaban J connectivity index is 2.25. The number of nitrogens with zero attached hydrogens (tertiary/aromatic N) is 1. The zero-order valence-corrected chi connectivity index (χ0v) is 11.9. The number of H-pyrrole nitrogens is 1. The van der Waals surface area contributed by atoms with Gasteiger partial charge in [0.25, 0.3) is 0 Å². The normalized spacial score (nSPS) is 10.8. The van der Waals surface area contributed by atoms with Crippen LogP contribution in [0.3, 0.4) is 0 Å². The maximum absolute atomic E-state index is 5.34. The van der Waals surface area contributed by atoms with Crippen molar-refractivity contribution < 1.29 is 4.74 Å². The van der Waals surface area contributed by atoms with Gasteiger partial charge in [0.1, 0.15) is 0 Å². The van der Waals surface area contributed by atoms with Gasteiger partial charge in [-0.05, 0) is 40.8 Å². The molecule has 0 unspecified atom stereocenters. The van der Waals surface area contributed by atoms with E-state index < -0.39 is 0 Å². The van der Waals surface area contributed by atoms with Gasteiger partial charge in [-0.3, -0.25) is 0 Å². The Hall–Kier alpha value is -1.56. The predicted octanol–water partition coefficient (Wildman–Crippen LogP) is 3.84. The molecule has 3 aromatic rings. The van der Waals surface area contributed by atoms with Crippen molar-refractivity contribution in [3.05, 3.63) is 46.2 Å². The Morgan fingerprint density at radius 2 is 2.06 bits per heavy atom. The highest BCUT2D eigenvalue weighted by molar-refractivity contribution is 14.1. The fourth-order valence-electron chi connectivity index (χ4n) is 2.03. The molecule has 0 saturated carbocycles. The number of para-hydroxylation sites is 1. The van der Waals surface area contributed by atoms with E-state index >= 15 is 0 Å². The van der Waals surface area contributed by atoms with E-state index in [1.807, 2.05) is 18.2 Å². The van der Waals surface area contributed by atoms with Gasteiger partial charge in [0, 0.05) is 20.7 Å². The largest absolute Gasteiger partial charge is 0.480 e. The van der Waals surface area contributed by atoms with Gasteiger partial charge < -0.3 is 9.72 Å². The van der Waals surface area contributed by atoms with E-state index in [9.17, 15) is 0 Å². The van der Waals surface area contributed by atoms with Gasteiger partial charge in [-0.25, -0.2) is 4.98 Å². The van der Waals surface area contributed by atoms with Crippen molar-refractivity contribution in [1.82, 2.24) is 9.97 Å². The fraction of sp³-hybridized carbons (Fsp3) is 0.0714. The first kappa shape index (κ1) is 11.5. The molecule has 0 amide bonds. The molecule has 0 spiro atoms. The van der Waals surface area contributed by atoms with E-state index in [0.717, 1.165) is 20.3 Å². The molecule has 18 heavy (non-hydrogen) atoms. The van der Waals surface area contributed by atoms with E-state index in [4.69, 9.17) is 4.74 Å². The molecule has 1 aromatic carbocycles. The summed E-state index contributed by atoms with van der Waals surface area (Å²) in [5, 5.41) is 1.19. The lowest BCUT2D eigenvalue weighted by Crippen LogP contribution is -1.93. The SMILES string of the molecule is COc1nccc(I)c1-c1cc2ccccc2[nH]1. The fourth-order valence-corrected chi connectivity index (χ4v) is 2.71. The minimum Gasteiger partial charge on any atom is -0.480 e. The topological polar surface area (TPSA) is 37.9 Å². The molecule has 0 aliphatic rings. The second-order valence-electron chi connectivity index (χ2n) is 3.95. The van der Waals surface area contributed by atoms with Crippen LogP contribution in [0.4, 0.5) is 0 Å². The molecule has 90 valence electrons. The molecule has 1 N–H and O–H groups in total. The number of aromatic amines is 1. The van der Waals surface area contributed by atoms with Crippen molar-refractivity contribution >= 4 is 33.5 Å². The van der Waals surface area contributed by atoms with Crippen LogP contribution in [0.5, 0.6) is 5.88 Å². The van der Waals surface area contributed by atoms with Crippen molar-refractivity contribution in [2.24, 2.45) is 0 Å². The highest BCUT2D eigenvalue weighted by atomic mass is 127. The molecule has 4 heteroatoms. The van der Waals surface area contributed by atoms with Gasteiger partial charge in [-0.15, -0.1) is 0 Å². The number of methoxy groups -OCH3 is 1. The summed E-state index contributed by atoms with van der Waals surface area (Å²) in [5.74, 6) is 0.647. The Labute approximate surface area is 118 Å². The molecule has 0 saturated heterocycles. The molecular weight excluding hydrogens is 339 g/mol. The molecular formula is C14H11IN2O. The van der Waals surface area contributed by atoms with E-state index in [1.165, 1.54) is 5.39 Å². The molecule has 0 bridgehead atoms. The number of rotatable bonds is 2. The Morgan fingerprint density at radius 3 is 2.83 bits per heavy atom. The number of pyridine rings is 1. The van der Waals surface area contributed by atoms with Gasteiger partial charge in [0.2, 0.25) is 5.88 Å². The third-order valence-electron chi connectivity index (χ3n) is 2.86. The van der Waals surface area contributed by atoms with Gasteiger partial charge >= 0.3 is 0 Å². The van der Waals surface area contributed by atoms with Crippen molar-refractivity contribution in [1.29, 1.82) is 0 Å². The molecule has 0 radical (unpaired) electrons.